The molecule has 8 nitrogen and oxygen atoms in total. The van der Waals surface area contributed by atoms with Gasteiger partial charge in [0.05, 0.1) is 22.3 Å². The van der Waals surface area contributed by atoms with E-state index in [0.717, 1.165) is 17.3 Å². The van der Waals surface area contributed by atoms with Crippen LogP contribution in [0.2, 0.25) is 0 Å². The van der Waals surface area contributed by atoms with Crippen LogP contribution in [0.25, 0.3) is 11.0 Å². The van der Waals surface area contributed by atoms with Gasteiger partial charge in [0.2, 0.25) is 0 Å². The Bertz CT molecular complexity index is 1060. The smallest absolute Gasteiger partial charge is 0.310 e. The molecular weight excluding hydrogens is 356 g/mol. The van der Waals surface area contributed by atoms with Crippen LogP contribution in [0.5, 0.6) is 0 Å². The molecule has 0 aliphatic carbocycles. The number of imidazole rings is 1. The van der Waals surface area contributed by atoms with Gasteiger partial charge in [-0.05, 0) is 30.7 Å². The quantitative estimate of drug-likeness (QED) is 0.387. The van der Waals surface area contributed by atoms with Gasteiger partial charge in [-0.2, -0.15) is 0 Å². The lowest BCUT2D eigenvalue weighted by atomic mass is 10.2. The Morgan fingerprint density at radius 3 is 2.69 bits per heavy atom. The lowest BCUT2D eigenvalue weighted by Gasteiger charge is -2.10. The maximum atomic E-state index is 11.8. The van der Waals surface area contributed by atoms with Gasteiger partial charge in [-0.25, -0.2) is 13.4 Å². The fraction of sp³-hybridized carbons (Fsp3) is 0.235. The zero-order chi connectivity index (χ0) is 18.7. The van der Waals surface area contributed by atoms with Crippen molar-refractivity contribution >= 4 is 32.2 Å². The Morgan fingerprint density at radius 1 is 1.19 bits per heavy atom. The van der Waals surface area contributed by atoms with Gasteiger partial charge < -0.3 is 9.88 Å². The van der Waals surface area contributed by atoms with Crippen LogP contribution in [0.1, 0.15) is 6.42 Å². The van der Waals surface area contributed by atoms with E-state index < -0.39 is 20.4 Å². The van der Waals surface area contributed by atoms with Gasteiger partial charge in [-0.3, -0.25) is 10.1 Å². The summed E-state index contributed by atoms with van der Waals surface area (Å²) in [6.45, 7) is 1.15. The third-order valence-electron chi connectivity index (χ3n) is 4.00. The first-order valence-corrected chi connectivity index (χ1v) is 9.88. The van der Waals surface area contributed by atoms with E-state index in [0.29, 0.717) is 19.5 Å². The van der Waals surface area contributed by atoms with Crippen molar-refractivity contribution in [2.45, 2.75) is 17.9 Å². The number of aryl methyl sites for hydroxylation is 1. The number of benzene rings is 2. The highest BCUT2D eigenvalue weighted by molar-refractivity contribution is 7.90. The SMILES string of the molecule is CS(=O)(=O)c1cccc(NCCCn2cnc3ccccc32)c1[N+](=O)[O-]. The van der Waals surface area contributed by atoms with Crippen molar-refractivity contribution in [2.75, 3.05) is 18.1 Å². The number of sulfone groups is 1. The monoisotopic (exact) mass is 374 g/mol. The Morgan fingerprint density at radius 2 is 1.96 bits per heavy atom. The van der Waals surface area contributed by atoms with Gasteiger partial charge in [0.15, 0.2) is 9.84 Å². The van der Waals surface area contributed by atoms with Crippen molar-refractivity contribution in [2.24, 2.45) is 0 Å². The lowest BCUT2D eigenvalue weighted by Crippen LogP contribution is -2.10. The molecule has 1 heterocycles. The fourth-order valence-corrected chi connectivity index (χ4v) is 3.67. The van der Waals surface area contributed by atoms with Gasteiger partial charge >= 0.3 is 5.69 Å². The first-order valence-electron chi connectivity index (χ1n) is 7.99. The minimum absolute atomic E-state index is 0.202. The van der Waals surface area contributed by atoms with Crippen LogP contribution in [0, 0.1) is 10.1 Å². The van der Waals surface area contributed by atoms with Crippen LogP contribution in [0.3, 0.4) is 0 Å². The third kappa shape index (κ3) is 3.67. The van der Waals surface area contributed by atoms with Crippen molar-refractivity contribution in [3.05, 3.63) is 58.9 Å². The minimum atomic E-state index is -3.69. The summed E-state index contributed by atoms with van der Waals surface area (Å²) in [4.78, 5) is 14.7. The number of nitrogens with one attached hydrogen (secondary N) is 1. The molecule has 0 atom stereocenters. The van der Waals surface area contributed by atoms with E-state index in [1.165, 1.54) is 18.2 Å². The number of fused-ring (bicyclic) bond motifs is 1. The molecule has 0 unspecified atom stereocenters. The average Bonchev–Trinajstić information content (AvgIpc) is 3.01. The Balaban J connectivity index is 1.71. The predicted octanol–water partition coefficient (Wildman–Crippen LogP) is 2.85. The molecule has 0 fully saturated rings. The summed E-state index contributed by atoms with van der Waals surface area (Å²) in [5, 5.41) is 14.3. The molecule has 0 aliphatic rings. The zero-order valence-corrected chi connectivity index (χ0v) is 14.9. The summed E-state index contributed by atoms with van der Waals surface area (Å²) >= 11 is 0. The van der Waals surface area contributed by atoms with Crippen molar-refractivity contribution in [1.29, 1.82) is 0 Å². The molecule has 26 heavy (non-hydrogen) atoms. The average molecular weight is 374 g/mol. The molecule has 0 saturated carbocycles. The second-order valence-corrected chi connectivity index (χ2v) is 7.87. The van der Waals surface area contributed by atoms with Crippen LogP contribution in [-0.2, 0) is 16.4 Å². The number of hydrogen-bond acceptors (Lipinski definition) is 6. The molecule has 2 aromatic carbocycles. The highest BCUT2D eigenvalue weighted by atomic mass is 32.2. The number of hydrogen-bond donors (Lipinski definition) is 1. The molecule has 136 valence electrons. The second kappa shape index (κ2) is 7.12. The van der Waals surface area contributed by atoms with Crippen molar-refractivity contribution < 1.29 is 13.3 Å². The molecule has 0 aliphatic heterocycles. The van der Waals surface area contributed by atoms with Gasteiger partial charge in [0, 0.05) is 19.3 Å². The molecule has 0 amide bonds. The van der Waals surface area contributed by atoms with E-state index in [-0.39, 0.29) is 10.6 Å². The molecular formula is C17H18N4O4S. The van der Waals surface area contributed by atoms with E-state index in [1.54, 1.807) is 6.33 Å². The first kappa shape index (κ1) is 17.9. The molecule has 1 N–H and O–H groups in total. The van der Waals surface area contributed by atoms with E-state index in [1.807, 2.05) is 28.8 Å². The molecule has 9 heteroatoms. The van der Waals surface area contributed by atoms with Gasteiger partial charge in [0.25, 0.3) is 0 Å². The molecule has 0 spiro atoms. The molecule has 0 bridgehead atoms. The Kier molecular flexibility index (Phi) is 4.90. The number of para-hydroxylation sites is 3. The molecule has 0 saturated heterocycles. The topological polar surface area (TPSA) is 107 Å². The van der Waals surface area contributed by atoms with Crippen LogP contribution in [0.15, 0.2) is 53.7 Å². The summed E-state index contributed by atoms with van der Waals surface area (Å²) in [6, 6.07) is 12.0. The molecule has 0 radical (unpaired) electrons. The summed E-state index contributed by atoms with van der Waals surface area (Å²) in [5.41, 5.74) is 1.73. The fourth-order valence-electron chi connectivity index (χ4n) is 2.81. The standard InChI is InChI=1S/C17H18N4O4S/c1-26(24,25)16-9-4-7-14(17(16)21(22)23)18-10-5-11-20-12-19-13-6-2-3-8-15(13)20/h2-4,6-9,12,18H,5,10-11H2,1H3. The highest BCUT2D eigenvalue weighted by Crippen LogP contribution is 2.31. The molecule has 1 aromatic heterocycles. The van der Waals surface area contributed by atoms with E-state index in [4.69, 9.17) is 0 Å². The van der Waals surface area contributed by atoms with E-state index >= 15 is 0 Å². The first-order chi connectivity index (χ1) is 12.4. The number of nitro benzene ring substituents is 1. The summed E-state index contributed by atoms with van der Waals surface area (Å²) in [6.07, 6.45) is 3.42. The molecule has 3 rings (SSSR count). The zero-order valence-electron chi connectivity index (χ0n) is 14.1. The van der Waals surface area contributed by atoms with Gasteiger partial charge in [-0.1, -0.05) is 18.2 Å². The second-order valence-electron chi connectivity index (χ2n) is 5.89. The van der Waals surface area contributed by atoms with Crippen LogP contribution in [-0.4, -0.2) is 35.7 Å². The summed E-state index contributed by atoms with van der Waals surface area (Å²) in [5.74, 6) is 0. The molecule has 3 aromatic rings. The van der Waals surface area contributed by atoms with Crippen molar-refractivity contribution in [3.63, 3.8) is 0 Å². The maximum absolute atomic E-state index is 11.8. The lowest BCUT2D eigenvalue weighted by molar-refractivity contribution is -0.386. The number of anilines is 1. The summed E-state index contributed by atoms with van der Waals surface area (Å²) in [7, 11) is -3.69. The van der Waals surface area contributed by atoms with Crippen LogP contribution >= 0.6 is 0 Å². The Labute approximate surface area is 150 Å². The summed E-state index contributed by atoms with van der Waals surface area (Å²) < 4.78 is 25.6. The van der Waals surface area contributed by atoms with Crippen LogP contribution < -0.4 is 5.32 Å². The van der Waals surface area contributed by atoms with E-state index in [9.17, 15) is 18.5 Å². The number of nitro groups is 1. The van der Waals surface area contributed by atoms with E-state index in [2.05, 4.69) is 10.3 Å². The largest absolute Gasteiger partial charge is 0.379 e. The number of aromatic nitrogens is 2. The Hall–Kier alpha value is -2.94. The van der Waals surface area contributed by atoms with Gasteiger partial charge in [-0.15, -0.1) is 0 Å². The number of rotatable bonds is 7. The van der Waals surface area contributed by atoms with Gasteiger partial charge in [0.1, 0.15) is 10.6 Å². The normalized spacial score (nSPS) is 11.6. The third-order valence-corrected chi connectivity index (χ3v) is 5.13. The maximum Gasteiger partial charge on any atom is 0.310 e. The van der Waals surface area contributed by atoms with Crippen molar-refractivity contribution in [3.8, 4) is 0 Å². The predicted molar refractivity (Wildman–Crippen MR) is 99.0 cm³/mol. The van der Waals surface area contributed by atoms with Crippen LogP contribution in [0.4, 0.5) is 11.4 Å². The van der Waals surface area contributed by atoms with Crippen molar-refractivity contribution in [1.82, 2.24) is 9.55 Å². The number of nitrogens with zero attached hydrogens (tertiary/aromatic N) is 3. The highest BCUT2D eigenvalue weighted by Gasteiger charge is 2.25. The minimum Gasteiger partial charge on any atom is -0.379 e.